The SMILES string of the molecule is Cc1ccc(C)n1Nc1nccnc1N. The van der Waals surface area contributed by atoms with E-state index in [-0.39, 0.29) is 0 Å². The second kappa shape index (κ2) is 3.61. The van der Waals surface area contributed by atoms with Gasteiger partial charge in [-0.05, 0) is 26.0 Å². The van der Waals surface area contributed by atoms with Gasteiger partial charge in [0.25, 0.3) is 0 Å². The van der Waals surface area contributed by atoms with Crippen LogP contribution in [0, 0.1) is 13.8 Å². The van der Waals surface area contributed by atoms with Gasteiger partial charge >= 0.3 is 0 Å². The third-order valence-electron chi connectivity index (χ3n) is 2.22. The van der Waals surface area contributed by atoms with Crippen LogP contribution in [0.25, 0.3) is 0 Å². The first-order chi connectivity index (χ1) is 7.18. The molecule has 3 N–H and O–H groups in total. The molecule has 2 aromatic rings. The largest absolute Gasteiger partial charge is 0.381 e. The number of hydrogen-bond donors (Lipinski definition) is 2. The van der Waals surface area contributed by atoms with Gasteiger partial charge in [-0.1, -0.05) is 0 Å². The van der Waals surface area contributed by atoms with Crippen molar-refractivity contribution < 1.29 is 0 Å². The van der Waals surface area contributed by atoms with Crippen LogP contribution < -0.4 is 11.2 Å². The van der Waals surface area contributed by atoms with Crippen molar-refractivity contribution in [2.24, 2.45) is 0 Å². The van der Waals surface area contributed by atoms with Crippen LogP contribution in [0.5, 0.6) is 0 Å². The molecule has 0 aliphatic rings. The molecule has 0 spiro atoms. The zero-order valence-electron chi connectivity index (χ0n) is 8.73. The molecule has 0 bridgehead atoms. The summed E-state index contributed by atoms with van der Waals surface area (Å²) >= 11 is 0. The van der Waals surface area contributed by atoms with Gasteiger partial charge in [-0.2, -0.15) is 0 Å². The number of nitrogens with zero attached hydrogens (tertiary/aromatic N) is 3. The fourth-order valence-corrected chi connectivity index (χ4v) is 1.39. The van der Waals surface area contributed by atoms with Gasteiger partial charge in [-0.3, -0.25) is 10.1 Å². The fraction of sp³-hybridized carbons (Fsp3) is 0.200. The molecule has 0 fully saturated rings. The van der Waals surface area contributed by atoms with Crippen LogP contribution in [0.15, 0.2) is 24.5 Å². The summed E-state index contributed by atoms with van der Waals surface area (Å²) in [5, 5.41) is 0. The highest BCUT2D eigenvalue weighted by atomic mass is 15.4. The van der Waals surface area contributed by atoms with Crippen molar-refractivity contribution in [3.05, 3.63) is 35.9 Å². The van der Waals surface area contributed by atoms with Gasteiger partial charge in [0.1, 0.15) is 0 Å². The average Bonchev–Trinajstić information content (AvgIpc) is 2.53. The molecular weight excluding hydrogens is 190 g/mol. The third-order valence-corrected chi connectivity index (χ3v) is 2.22. The Morgan fingerprint density at radius 3 is 2.33 bits per heavy atom. The molecule has 15 heavy (non-hydrogen) atoms. The summed E-state index contributed by atoms with van der Waals surface area (Å²) in [4.78, 5) is 8.07. The fourth-order valence-electron chi connectivity index (χ4n) is 1.39. The lowest BCUT2D eigenvalue weighted by molar-refractivity contribution is 0.869. The van der Waals surface area contributed by atoms with Crippen LogP contribution in [-0.4, -0.2) is 14.6 Å². The number of rotatable bonds is 2. The number of nitrogens with two attached hydrogens (primary N) is 1. The Labute approximate surface area is 87.9 Å². The summed E-state index contributed by atoms with van der Waals surface area (Å²) in [6.45, 7) is 4.01. The zero-order chi connectivity index (χ0) is 10.8. The number of hydrogen-bond acceptors (Lipinski definition) is 4. The maximum atomic E-state index is 5.69. The van der Waals surface area contributed by atoms with E-state index < -0.39 is 0 Å². The molecule has 0 saturated carbocycles. The predicted octanol–water partition coefficient (Wildman–Crippen LogP) is 1.35. The van der Waals surface area contributed by atoms with Crippen LogP contribution in [0.1, 0.15) is 11.4 Å². The topological polar surface area (TPSA) is 68.8 Å². The molecule has 0 saturated heterocycles. The average molecular weight is 203 g/mol. The number of anilines is 2. The van der Waals surface area contributed by atoms with Crippen molar-refractivity contribution in [2.45, 2.75) is 13.8 Å². The molecule has 2 aromatic heterocycles. The zero-order valence-corrected chi connectivity index (χ0v) is 8.73. The van der Waals surface area contributed by atoms with E-state index in [2.05, 4.69) is 15.4 Å². The van der Waals surface area contributed by atoms with Crippen LogP contribution >= 0.6 is 0 Å². The Bertz CT molecular complexity index is 455. The van der Waals surface area contributed by atoms with Crippen LogP contribution in [0.2, 0.25) is 0 Å². The summed E-state index contributed by atoms with van der Waals surface area (Å²) in [7, 11) is 0. The first-order valence-corrected chi connectivity index (χ1v) is 4.67. The minimum atomic E-state index is 0.394. The Morgan fingerprint density at radius 2 is 1.73 bits per heavy atom. The maximum absolute atomic E-state index is 5.69. The molecular formula is C10H13N5. The highest BCUT2D eigenvalue weighted by Crippen LogP contribution is 2.13. The van der Waals surface area contributed by atoms with Crippen molar-refractivity contribution in [3.8, 4) is 0 Å². The van der Waals surface area contributed by atoms with Crippen molar-refractivity contribution in [1.82, 2.24) is 14.6 Å². The van der Waals surface area contributed by atoms with E-state index in [0.29, 0.717) is 11.6 Å². The quantitative estimate of drug-likeness (QED) is 0.773. The Balaban J connectivity index is 2.34. The predicted molar refractivity (Wildman–Crippen MR) is 59.4 cm³/mol. The molecule has 0 radical (unpaired) electrons. The minimum Gasteiger partial charge on any atom is -0.381 e. The van der Waals surface area contributed by atoms with Gasteiger partial charge in [0.05, 0.1) is 0 Å². The van der Waals surface area contributed by atoms with Crippen molar-refractivity contribution in [3.63, 3.8) is 0 Å². The first kappa shape index (κ1) is 9.51. The minimum absolute atomic E-state index is 0.394. The summed E-state index contributed by atoms with van der Waals surface area (Å²) in [5.74, 6) is 0.963. The maximum Gasteiger partial charge on any atom is 0.188 e. The van der Waals surface area contributed by atoms with Crippen molar-refractivity contribution in [2.75, 3.05) is 11.2 Å². The normalized spacial score (nSPS) is 10.3. The standard InChI is InChI=1S/C10H13N5/c1-7-3-4-8(2)15(7)14-10-9(11)12-5-6-13-10/h3-6H,1-2H3,(H2,11,12)(H,13,14). The number of nitrogen functional groups attached to an aromatic ring is 1. The van der Waals surface area contributed by atoms with E-state index in [4.69, 9.17) is 5.73 Å². The summed E-state index contributed by atoms with van der Waals surface area (Å²) in [5.41, 5.74) is 11.0. The van der Waals surface area contributed by atoms with Crippen molar-refractivity contribution in [1.29, 1.82) is 0 Å². The lowest BCUT2D eigenvalue weighted by atomic mass is 10.5. The molecule has 2 heterocycles. The highest BCUT2D eigenvalue weighted by Gasteiger charge is 2.04. The van der Waals surface area contributed by atoms with Crippen LogP contribution in [0.3, 0.4) is 0 Å². The molecule has 0 aromatic carbocycles. The van der Waals surface area contributed by atoms with E-state index in [9.17, 15) is 0 Å². The molecule has 5 heteroatoms. The number of aromatic nitrogens is 3. The van der Waals surface area contributed by atoms with E-state index >= 15 is 0 Å². The molecule has 2 rings (SSSR count). The number of aryl methyl sites for hydroxylation is 2. The van der Waals surface area contributed by atoms with Crippen LogP contribution in [0.4, 0.5) is 11.6 Å². The Hall–Kier alpha value is -2.04. The van der Waals surface area contributed by atoms with Gasteiger partial charge in [-0.15, -0.1) is 0 Å². The lowest BCUT2D eigenvalue weighted by Gasteiger charge is -2.12. The molecule has 78 valence electrons. The lowest BCUT2D eigenvalue weighted by Crippen LogP contribution is -2.15. The van der Waals surface area contributed by atoms with E-state index in [1.807, 2.05) is 30.7 Å². The Morgan fingerprint density at radius 1 is 1.13 bits per heavy atom. The summed E-state index contributed by atoms with van der Waals surface area (Å²) in [6.07, 6.45) is 3.17. The second-order valence-electron chi connectivity index (χ2n) is 3.35. The first-order valence-electron chi connectivity index (χ1n) is 4.67. The van der Waals surface area contributed by atoms with E-state index in [1.165, 1.54) is 0 Å². The second-order valence-corrected chi connectivity index (χ2v) is 3.35. The number of nitrogens with one attached hydrogen (secondary N) is 1. The third kappa shape index (κ3) is 1.76. The summed E-state index contributed by atoms with van der Waals surface area (Å²) < 4.78 is 1.92. The van der Waals surface area contributed by atoms with E-state index in [1.54, 1.807) is 12.4 Å². The van der Waals surface area contributed by atoms with Crippen molar-refractivity contribution >= 4 is 11.6 Å². The van der Waals surface area contributed by atoms with E-state index in [0.717, 1.165) is 11.4 Å². The molecule has 0 aliphatic carbocycles. The monoisotopic (exact) mass is 203 g/mol. The van der Waals surface area contributed by atoms with Gasteiger partial charge in [0, 0.05) is 23.8 Å². The smallest absolute Gasteiger partial charge is 0.188 e. The molecule has 0 aliphatic heterocycles. The van der Waals surface area contributed by atoms with Gasteiger partial charge in [0.15, 0.2) is 11.6 Å². The van der Waals surface area contributed by atoms with Crippen LogP contribution in [-0.2, 0) is 0 Å². The molecule has 0 amide bonds. The molecule has 0 atom stereocenters. The van der Waals surface area contributed by atoms with Gasteiger partial charge in [0.2, 0.25) is 0 Å². The highest BCUT2D eigenvalue weighted by molar-refractivity contribution is 5.55. The molecule has 0 unspecified atom stereocenters. The molecule has 5 nitrogen and oxygen atoms in total. The Kier molecular flexibility index (Phi) is 2.29. The summed E-state index contributed by atoms with van der Waals surface area (Å²) in [6, 6.07) is 4.05. The van der Waals surface area contributed by atoms with Gasteiger partial charge in [-0.25, -0.2) is 9.97 Å². The van der Waals surface area contributed by atoms with Gasteiger partial charge < -0.3 is 5.73 Å².